The van der Waals surface area contributed by atoms with Crippen molar-refractivity contribution in [3.63, 3.8) is 0 Å². The van der Waals surface area contributed by atoms with Gasteiger partial charge < -0.3 is 5.32 Å². The fraction of sp³-hybridized carbons (Fsp3) is 0.200. The molecule has 8 nitrogen and oxygen atoms in total. The number of amides is 2. The van der Waals surface area contributed by atoms with Crippen molar-refractivity contribution in [1.29, 1.82) is 0 Å². The number of hydrogen-bond acceptors (Lipinski definition) is 5. The Hall–Kier alpha value is -1.97. The number of rotatable bonds is 5. The summed E-state index contributed by atoms with van der Waals surface area (Å²) < 4.78 is 25.6. The fourth-order valence-corrected chi connectivity index (χ4v) is 2.20. The van der Waals surface area contributed by atoms with Gasteiger partial charge in [0.25, 0.3) is 0 Å². The van der Waals surface area contributed by atoms with E-state index in [-0.39, 0.29) is 10.8 Å². The Bertz CT molecular complexity index is 568. The van der Waals surface area contributed by atoms with Crippen LogP contribution in [0.3, 0.4) is 0 Å². The molecule has 0 aliphatic heterocycles. The highest BCUT2D eigenvalue weighted by molar-refractivity contribution is 7.89. The Morgan fingerprint density at radius 3 is 2.26 bits per heavy atom. The van der Waals surface area contributed by atoms with Crippen molar-refractivity contribution < 1.29 is 18.0 Å². The Balaban J connectivity index is 2.79. The second-order valence-corrected chi connectivity index (χ2v) is 5.36. The number of hydrazine groups is 1. The molecule has 0 unspecified atom stereocenters. The first-order valence-corrected chi connectivity index (χ1v) is 6.70. The van der Waals surface area contributed by atoms with Crippen LogP contribution in [0.25, 0.3) is 0 Å². The minimum absolute atomic E-state index is 0.0218. The van der Waals surface area contributed by atoms with Crippen molar-refractivity contribution in [1.82, 2.24) is 10.1 Å². The van der Waals surface area contributed by atoms with Gasteiger partial charge in [0, 0.05) is 12.6 Å². The molecule has 1 aromatic carbocycles. The standard InChI is InChI=1S/C10H14N4O4S/c1-7(15)13-8-2-4-9(5-3-8)19(17,18)12-6-10(16)14-11/h2-5,12H,6,11H2,1H3,(H,13,15)(H,14,16). The smallest absolute Gasteiger partial charge is 0.248 e. The van der Waals surface area contributed by atoms with Crippen molar-refractivity contribution >= 4 is 27.5 Å². The molecule has 0 atom stereocenters. The third-order valence-corrected chi connectivity index (χ3v) is 3.49. The van der Waals surface area contributed by atoms with E-state index in [0.29, 0.717) is 5.69 Å². The van der Waals surface area contributed by atoms with Crippen molar-refractivity contribution in [3.05, 3.63) is 24.3 Å². The van der Waals surface area contributed by atoms with E-state index >= 15 is 0 Å². The summed E-state index contributed by atoms with van der Waals surface area (Å²) in [6.07, 6.45) is 0. The average Bonchev–Trinajstić information content (AvgIpc) is 2.36. The molecule has 2 amide bonds. The van der Waals surface area contributed by atoms with E-state index in [1.807, 2.05) is 0 Å². The number of nitrogens with one attached hydrogen (secondary N) is 3. The van der Waals surface area contributed by atoms with E-state index in [1.165, 1.54) is 31.2 Å². The van der Waals surface area contributed by atoms with Crippen LogP contribution >= 0.6 is 0 Å². The lowest BCUT2D eigenvalue weighted by molar-refractivity contribution is -0.120. The van der Waals surface area contributed by atoms with Crippen molar-refractivity contribution in [2.45, 2.75) is 11.8 Å². The summed E-state index contributed by atoms with van der Waals surface area (Å²) in [6.45, 7) is 0.893. The van der Waals surface area contributed by atoms with Gasteiger partial charge in [-0.2, -0.15) is 0 Å². The third-order valence-electron chi connectivity index (χ3n) is 2.07. The Labute approximate surface area is 110 Å². The van der Waals surface area contributed by atoms with Crippen LogP contribution in [0, 0.1) is 0 Å². The number of carbonyl (C=O) groups is 2. The molecule has 19 heavy (non-hydrogen) atoms. The molecule has 0 saturated heterocycles. The summed E-state index contributed by atoms with van der Waals surface area (Å²) in [7, 11) is -3.79. The summed E-state index contributed by atoms with van der Waals surface area (Å²) in [5.41, 5.74) is 2.28. The zero-order valence-electron chi connectivity index (χ0n) is 10.1. The molecule has 0 aromatic heterocycles. The highest BCUT2D eigenvalue weighted by atomic mass is 32.2. The van der Waals surface area contributed by atoms with Crippen LogP contribution in [0.4, 0.5) is 5.69 Å². The summed E-state index contributed by atoms with van der Waals surface area (Å²) in [4.78, 5) is 21.6. The maximum Gasteiger partial charge on any atom is 0.248 e. The number of carbonyl (C=O) groups excluding carboxylic acids is 2. The van der Waals surface area contributed by atoms with Gasteiger partial charge in [-0.3, -0.25) is 15.0 Å². The van der Waals surface area contributed by atoms with Gasteiger partial charge in [0.2, 0.25) is 21.8 Å². The quantitative estimate of drug-likeness (QED) is 0.310. The number of hydrogen-bond donors (Lipinski definition) is 4. The van der Waals surface area contributed by atoms with Crippen LogP contribution < -0.4 is 21.3 Å². The Morgan fingerprint density at radius 1 is 1.21 bits per heavy atom. The second kappa shape index (κ2) is 6.27. The predicted octanol–water partition coefficient (Wildman–Crippen LogP) is -1.09. The number of nitrogens with two attached hydrogens (primary N) is 1. The second-order valence-electron chi connectivity index (χ2n) is 3.60. The summed E-state index contributed by atoms with van der Waals surface area (Å²) in [5, 5.41) is 2.51. The summed E-state index contributed by atoms with van der Waals surface area (Å²) >= 11 is 0. The molecule has 0 bridgehead atoms. The van der Waals surface area contributed by atoms with E-state index in [1.54, 1.807) is 5.43 Å². The Morgan fingerprint density at radius 2 is 1.79 bits per heavy atom. The minimum atomic E-state index is -3.79. The SMILES string of the molecule is CC(=O)Nc1ccc(S(=O)(=O)NCC(=O)NN)cc1. The van der Waals surface area contributed by atoms with Crippen LogP contribution in [0.2, 0.25) is 0 Å². The Kier molecular flexibility index (Phi) is 4.98. The molecular formula is C10H14N4O4S. The number of benzene rings is 1. The normalized spacial score (nSPS) is 10.8. The van der Waals surface area contributed by atoms with Gasteiger partial charge in [0.05, 0.1) is 11.4 Å². The van der Waals surface area contributed by atoms with Crippen LogP contribution in [0.15, 0.2) is 29.2 Å². The van der Waals surface area contributed by atoms with Gasteiger partial charge in [0.1, 0.15) is 0 Å². The molecule has 1 aromatic rings. The maximum atomic E-state index is 11.8. The first-order valence-electron chi connectivity index (χ1n) is 5.22. The zero-order valence-corrected chi connectivity index (χ0v) is 11.0. The molecule has 104 valence electrons. The number of sulfonamides is 1. The highest BCUT2D eigenvalue weighted by Gasteiger charge is 2.14. The molecule has 0 spiro atoms. The maximum absolute atomic E-state index is 11.8. The van der Waals surface area contributed by atoms with Gasteiger partial charge in [-0.05, 0) is 24.3 Å². The van der Waals surface area contributed by atoms with Crippen LogP contribution in [-0.2, 0) is 19.6 Å². The molecule has 0 saturated carbocycles. The predicted molar refractivity (Wildman–Crippen MR) is 68.3 cm³/mol. The lowest BCUT2D eigenvalue weighted by Gasteiger charge is -2.07. The number of anilines is 1. The van der Waals surface area contributed by atoms with Crippen molar-refractivity contribution in [2.75, 3.05) is 11.9 Å². The highest BCUT2D eigenvalue weighted by Crippen LogP contribution is 2.13. The van der Waals surface area contributed by atoms with Gasteiger partial charge in [-0.25, -0.2) is 19.0 Å². The molecule has 0 aliphatic rings. The van der Waals surface area contributed by atoms with Gasteiger partial charge in [-0.1, -0.05) is 0 Å². The van der Waals surface area contributed by atoms with E-state index in [9.17, 15) is 18.0 Å². The molecule has 0 heterocycles. The molecule has 0 fully saturated rings. The monoisotopic (exact) mass is 286 g/mol. The van der Waals surface area contributed by atoms with Gasteiger partial charge in [0.15, 0.2) is 0 Å². The van der Waals surface area contributed by atoms with Crippen molar-refractivity contribution in [2.24, 2.45) is 5.84 Å². The van der Waals surface area contributed by atoms with E-state index in [0.717, 1.165) is 0 Å². The third kappa shape index (κ3) is 4.66. The van der Waals surface area contributed by atoms with E-state index in [4.69, 9.17) is 5.84 Å². The molecule has 5 N–H and O–H groups in total. The van der Waals surface area contributed by atoms with Crippen LogP contribution in [0.5, 0.6) is 0 Å². The van der Waals surface area contributed by atoms with Gasteiger partial charge in [-0.15, -0.1) is 0 Å². The molecule has 0 aliphatic carbocycles. The first kappa shape index (κ1) is 15.1. The molecule has 0 radical (unpaired) electrons. The van der Waals surface area contributed by atoms with Crippen molar-refractivity contribution in [3.8, 4) is 0 Å². The summed E-state index contributed by atoms with van der Waals surface area (Å²) in [6, 6.07) is 5.51. The lowest BCUT2D eigenvalue weighted by atomic mass is 10.3. The largest absolute Gasteiger partial charge is 0.326 e. The van der Waals surface area contributed by atoms with E-state index in [2.05, 4.69) is 10.0 Å². The minimum Gasteiger partial charge on any atom is -0.326 e. The zero-order chi connectivity index (χ0) is 14.5. The molecule has 9 heteroatoms. The van der Waals surface area contributed by atoms with Gasteiger partial charge >= 0.3 is 0 Å². The fourth-order valence-electron chi connectivity index (χ4n) is 1.22. The summed E-state index contributed by atoms with van der Waals surface area (Å²) in [5.74, 6) is 3.92. The first-order chi connectivity index (χ1) is 8.85. The molecule has 1 rings (SSSR count). The topological polar surface area (TPSA) is 130 Å². The lowest BCUT2D eigenvalue weighted by Crippen LogP contribution is -2.40. The average molecular weight is 286 g/mol. The molecular weight excluding hydrogens is 272 g/mol. The van der Waals surface area contributed by atoms with E-state index < -0.39 is 22.5 Å². The van der Waals surface area contributed by atoms with Crippen LogP contribution in [-0.4, -0.2) is 26.8 Å². The van der Waals surface area contributed by atoms with Crippen LogP contribution in [0.1, 0.15) is 6.92 Å².